The first-order valence-electron chi connectivity index (χ1n) is 7.20. The van der Waals surface area contributed by atoms with Gasteiger partial charge >= 0.3 is 0 Å². The van der Waals surface area contributed by atoms with E-state index in [1.165, 1.54) is 12.1 Å². The smallest absolute Gasteiger partial charge is 0.138 e. The van der Waals surface area contributed by atoms with Gasteiger partial charge in [-0.1, -0.05) is 42.0 Å². The highest BCUT2D eigenvalue weighted by Crippen LogP contribution is 2.27. The number of rotatable bonds is 2. The van der Waals surface area contributed by atoms with Crippen LogP contribution in [0.1, 0.15) is 11.1 Å². The van der Waals surface area contributed by atoms with Gasteiger partial charge in [0.05, 0.1) is 5.02 Å². The maximum absolute atomic E-state index is 13.2. The van der Waals surface area contributed by atoms with Crippen molar-refractivity contribution < 1.29 is 4.39 Å². The molecule has 112 valence electrons. The van der Waals surface area contributed by atoms with Crippen molar-refractivity contribution in [3.63, 3.8) is 0 Å². The first kappa shape index (κ1) is 14.0. The van der Waals surface area contributed by atoms with Gasteiger partial charge in [-0.05, 0) is 41.5 Å². The highest BCUT2D eigenvalue weighted by molar-refractivity contribution is 6.31. The molecular formula is C19H12ClFN2. The van der Waals surface area contributed by atoms with Gasteiger partial charge in [0.15, 0.2) is 0 Å². The van der Waals surface area contributed by atoms with Crippen LogP contribution in [0.25, 0.3) is 34.1 Å². The van der Waals surface area contributed by atoms with Gasteiger partial charge in [-0.25, -0.2) is 9.37 Å². The number of H-pyrrole nitrogens is 1. The van der Waals surface area contributed by atoms with Crippen LogP contribution in [0.5, 0.6) is 0 Å². The van der Waals surface area contributed by atoms with Crippen LogP contribution in [0.2, 0.25) is 5.02 Å². The molecule has 0 unspecified atom stereocenters. The molecule has 2 aromatic carbocycles. The molecular weight excluding hydrogens is 311 g/mol. The minimum absolute atomic E-state index is 0.236. The number of hydrogen-bond donors (Lipinski definition) is 1. The van der Waals surface area contributed by atoms with E-state index in [9.17, 15) is 4.39 Å². The molecule has 4 rings (SSSR count). The summed E-state index contributed by atoms with van der Waals surface area (Å²) < 4.78 is 13.2. The van der Waals surface area contributed by atoms with Crippen molar-refractivity contribution in [3.8, 4) is 0 Å². The number of halogens is 2. The Bertz CT molecular complexity index is 1050. The van der Waals surface area contributed by atoms with Gasteiger partial charge in [-0.2, -0.15) is 0 Å². The Morgan fingerprint density at radius 2 is 1.78 bits per heavy atom. The Kier molecular flexibility index (Phi) is 3.36. The van der Waals surface area contributed by atoms with Crippen LogP contribution in [0.4, 0.5) is 4.39 Å². The molecule has 23 heavy (non-hydrogen) atoms. The molecule has 2 aromatic heterocycles. The second kappa shape index (κ2) is 5.52. The van der Waals surface area contributed by atoms with Gasteiger partial charge in [0, 0.05) is 22.5 Å². The lowest BCUT2D eigenvalue weighted by Gasteiger charge is -1.97. The van der Waals surface area contributed by atoms with E-state index in [0.29, 0.717) is 5.02 Å². The number of nitrogens with zero attached hydrogens (tertiary/aromatic N) is 1. The normalized spacial score (nSPS) is 11.7. The zero-order valence-electron chi connectivity index (χ0n) is 12.1. The summed E-state index contributed by atoms with van der Waals surface area (Å²) in [5, 5.41) is 2.67. The molecule has 0 saturated carbocycles. The summed E-state index contributed by atoms with van der Waals surface area (Å²) in [4.78, 5) is 7.57. The Labute approximate surface area is 137 Å². The monoisotopic (exact) mass is 322 g/mol. The zero-order chi connectivity index (χ0) is 15.8. The van der Waals surface area contributed by atoms with Gasteiger partial charge in [-0.3, -0.25) is 0 Å². The molecule has 2 heterocycles. The molecule has 0 aliphatic rings. The number of hydrogen-bond acceptors (Lipinski definition) is 1. The lowest BCUT2D eigenvalue weighted by atomic mass is 10.1. The Hall–Kier alpha value is -2.65. The minimum atomic E-state index is -0.236. The Balaban J connectivity index is 1.79. The molecule has 0 spiro atoms. The van der Waals surface area contributed by atoms with Gasteiger partial charge in [0.2, 0.25) is 0 Å². The van der Waals surface area contributed by atoms with Gasteiger partial charge in [-0.15, -0.1) is 0 Å². The molecule has 0 aliphatic heterocycles. The van der Waals surface area contributed by atoms with E-state index in [4.69, 9.17) is 11.6 Å². The van der Waals surface area contributed by atoms with E-state index in [-0.39, 0.29) is 5.82 Å². The number of pyridine rings is 1. The van der Waals surface area contributed by atoms with E-state index in [0.717, 1.165) is 33.1 Å². The van der Waals surface area contributed by atoms with Crippen molar-refractivity contribution in [2.75, 3.05) is 0 Å². The standard InChI is InChI=1S/C19H12ClFN2/c20-14-10-17-16-9-13(5-4-12-2-1-3-15(21)8-12)6-7-18(16)23-19(17)22-11-14/h1-11H,(H,22,23). The molecule has 4 aromatic rings. The Morgan fingerprint density at radius 1 is 0.957 bits per heavy atom. The van der Waals surface area contributed by atoms with Crippen LogP contribution >= 0.6 is 11.6 Å². The number of benzene rings is 2. The molecule has 4 heteroatoms. The van der Waals surface area contributed by atoms with Crippen LogP contribution < -0.4 is 0 Å². The number of fused-ring (bicyclic) bond motifs is 3. The van der Waals surface area contributed by atoms with Crippen LogP contribution in [-0.4, -0.2) is 9.97 Å². The molecule has 2 nitrogen and oxygen atoms in total. The minimum Gasteiger partial charge on any atom is -0.339 e. The molecule has 0 aliphatic carbocycles. The van der Waals surface area contributed by atoms with Crippen molar-refractivity contribution in [1.82, 2.24) is 9.97 Å². The number of aromatic nitrogens is 2. The number of aromatic amines is 1. The van der Waals surface area contributed by atoms with Gasteiger partial charge in [0.1, 0.15) is 11.5 Å². The van der Waals surface area contributed by atoms with Crippen LogP contribution in [-0.2, 0) is 0 Å². The summed E-state index contributed by atoms with van der Waals surface area (Å²) in [6, 6.07) is 14.5. The largest absolute Gasteiger partial charge is 0.339 e. The predicted octanol–water partition coefficient (Wildman–Crippen LogP) is 5.68. The van der Waals surface area contributed by atoms with E-state index in [1.807, 2.05) is 36.4 Å². The van der Waals surface area contributed by atoms with Crippen LogP contribution in [0.15, 0.2) is 54.7 Å². The second-order valence-corrected chi connectivity index (χ2v) is 5.80. The summed E-state index contributed by atoms with van der Waals surface area (Å²) in [7, 11) is 0. The van der Waals surface area contributed by atoms with Crippen molar-refractivity contribution >= 4 is 45.7 Å². The van der Waals surface area contributed by atoms with Gasteiger partial charge < -0.3 is 4.98 Å². The van der Waals surface area contributed by atoms with E-state index in [1.54, 1.807) is 12.3 Å². The summed E-state index contributed by atoms with van der Waals surface area (Å²) in [5.41, 5.74) is 3.68. The maximum Gasteiger partial charge on any atom is 0.138 e. The third kappa shape index (κ3) is 2.71. The van der Waals surface area contributed by atoms with E-state index in [2.05, 4.69) is 16.0 Å². The van der Waals surface area contributed by atoms with Crippen molar-refractivity contribution in [3.05, 3.63) is 76.7 Å². The topological polar surface area (TPSA) is 28.7 Å². The van der Waals surface area contributed by atoms with Gasteiger partial charge in [0.25, 0.3) is 0 Å². The lowest BCUT2D eigenvalue weighted by Crippen LogP contribution is -1.76. The first-order valence-corrected chi connectivity index (χ1v) is 7.57. The summed E-state index contributed by atoms with van der Waals surface area (Å²) in [5.74, 6) is -0.236. The summed E-state index contributed by atoms with van der Waals surface area (Å²) in [6.07, 6.45) is 5.49. The molecule has 0 amide bonds. The average molecular weight is 323 g/mol. The lowest BCUT2D eigenvalue weighted by molar-refractivity contribution is 0.627. The van der Waals surface area contributed by atoms with E-state index >= 15 is 0 Å². The molecule has 0 radical (unpaired) electrons. The quantitative estimate of drug-likeness (QED) is 0.473. The number of nitrogens with one attached hydrogen (secondary N) is 1. The maximum atomic E-state index is 13.2. The molecule has 1 N–H and O–H groups in total. The highest BCUT2D eigenvalue weighted by Gasteiger charge is 2.06. The molecule has 0 atom stereocenters. The van der Waals surface area contributed by atoms with Crippen molar-refractivity contribution in [2.24, 2.45) is 0 Å². The second-order valence-electron chi connectivity index (χ2n) is 5.37. The summed E-state index contributed by atoms with van der Waals surface area (Å²) >= 11 is 6.05. The molecule has 0 saturated heterocycles. The van der Waals surface area contributed by atoms with Crippen molar-refractivity contribution in [2.45, 2.75) is 0 Å². The fourth-order valence-corrected chi connectivity index (χ4v) is 2.83. The highest BCUT2D eigenvalue weighted by atomic mass is 35.5. The molecule has 0 fully saturated rings. The van der Waals surface area contributed by atoms with Crippen LogP contribution in [0.3, 0.4) is 0 Å². The fraction of sp³-hybridized carbons (Fsp3) is 0. The van der Waals surface area contributed by atoms with E-state index < -0.39 is 0 Å². The molecule has 0 bridgehead atoms. The third-order valence-electron chi connectivity index (χ3n) is 3.76. The zero-order valence-corrected chi connectivity index (χ0v) is 12.8. The summed E-state index contributed by atoms with van der Waals surface area (Å²) in [6.45, 7) is 0. The average Bonchev–Trinajstić information content (AvgIpc) is 2.90. The van der Waals surface area contributed by atoms with Crippen molar-refractivity contribution in [1.29, 1.82) is 0 Å². The van der Waals surface area contributed by atoms with Crippen LogP contribution in [0, 0.1) is 5.82 Å². The SMILES string of the molecule is Fc1cccc(C=Cc2ccc3[nH]c4ncc(Cl)cc4c3c2)c1. The first-order chi connectivity index (χ1) is 11.2. The Morgan fingerprint density at radius 3 is 2.61 bits per heavy atom. The predicted molar refractivity (Wildman–Crippen MR) is 93.9 cm³/mol. The third-order valence-corrected chi connectivity index (χ3v) is 3.96. The fourth-order valence-electron chi connectivity index (χ4n) is 2.67.